The number of phenols is 1. The molecule has 2 aromatic carbocycles. The molecule has 100 valence electrons. The number of rotatable bonds is 2. The van der Waals surface area contributed by atoms with Gasteiger partial charge in [-0.1, -0.05) is 17.7 Å². The van der Waals surface area contributed by atoms with Gasteiger partial charge in [0, 0.05) is 5.69 Å². The SMILES string of the molecule is Cc1ccc(O)c(C(=O)Nc2cc(C#N)ccc2C)c1. The number of nitrogens with zero attached hydrogens (tertiary/aromatic N) is 1. The molecule has 4 nitrogen and oxygen atoms in total. The maximum Gasteiger partial charge on any atom is 0.259 e. The lowest BCUT2D eigenvalue weighted by Crippen LogP contribution is -2.13. The van der Waals surface area contributed by atoms with Gasteiger partial charge in [0.1, 0.15) is 5.75 Å². The summed E-state index contributed by atoms with van der Waals surface area (Å²) in [4.78, 5) is 12.2. The number of nitriles is 1. The van der Waals surface area contributed by atoms with Crippen LogP contribution in [0.15, 0.2) is 36.4 Å². The Hall–Kier alpha value is -2.80. The molecule has 0 aliphatic carbocycles. The van der Waals surface area contributed by atoms with Crippen molar-refractivity contribution in [2.45, 2.75) is 13.8 Å². The first kappa shape index (κ1) is 13.6. The Balaban J connectivity index is 2.33. The number of aromatic hydroxyl groups is 1. The number of benzene rings is 2. The van der Waals surface area contributed by atoms with Crippen molar-refractivity contribution in [3.05, 3.63) is 58.7 Å². The molecule has 1 amide bonds. The average molecular weight is 266 g/mol. The van der Waals surface area contributed by atoms with Crippen molar-refractivity contribution in [3.63, 3.8) is 0 Å². The lowest BCUT2D eigenvalue weighted by Gasteiger charge is -2.10. The second kappa shape index (κ2) is 5.45. The van der Waals surface area contributed by atoms with Gasteiger partial charge >= 0.3 is 0 Å². The largest absolute Gasteiger partial charge is 0.507 e. The molecule has 2 rings (SSSR count). The van der Waals surface area contributed by atoms with Gasteiger partial charge in [-0.2, -0.15) is 5.26 Å². The molecule has 0 unspecified atom stereocenters. The zero-order valence-corrected chi connectivity index (χ0v) is 11.3. The monoisotopic (exact) mass is 266 g/mol. The topological polar surface area (TPSA) is 73.1 Å². The molecule has 0 aromatic heterocycles. The summed E-state index contributed by atoms with van der Waals surface area (Å²) >= 11 is 0. The van der Waals surface area contributed by atoms with Crippen LogP contribution in [0.3, 0.4) is 0 Å². The van der Waals surface area contributed by atoms with E-state index >= 15 is 0 Å². The van der Waals surface area contributed by atoms with Crippen LogP contribution in [-0.2, 0) is 0 Å². The van der Waals surface area contributed by atoms with Crippen molar-refractivity contribution in [3.8, 4) is 11.8 Å². The molecule has 2 aromatic rings. The molecule has 0 saturated carbocycles. The van der Waals surface area contributed by atoms with Crippen LogP contribution in [0.25, 0.3) is 0 Å². The van der Waals surface area contributed by atoms with Crippen molar-refractivity contribution in [1.82, 2.24) is 0 Å². The standard InChI is InChI=1S/C16H14N2O2/c1-10-3-6-15(19)13(7-10)16(20)18-14-8-12(9-17)5-4-11(14)2/h3-8,19H,1-2H3,(H,18,20). The molecule has 0 bridgehead atoms. The molecule has 0 radical (unpaired) electrons. The average Bonchev–Trinajstić information content (AvgIpc) is 2.43. The minimum atomic E-state index is -0.399. The second-order valence-corrected chi connectivity index (χ2v) is 4.62. The van der Waals surface area contributed by atoms with Crippen LogP contribution in [0, 0.1) is 25.2 Å². The zero-order valence-electron chi connectivity index (χ0n) is 11.3. The van der Waals surface area contributed by atoms with Crippen LogP contribution in [-0.4, -0.2) is 11.0 Å². The molecule has 20 heavy (non-hydrogen) atoms. The lowest BCUT2D eigenvalue weighted by atomic mass is 10.1. The maximum absolute atomic E-state index is 12.2. The van der Waals surface area contributed by atoms with Gasteiger partial charge in [0.05, 0.1) is 17.2 Å². The third kappa shape index (κ3) is 2.78. The van der Waals surface area contributed by atoms with E-state index in [1.54, 1.807) is 30.3 Å². The highest BCUT2D eigenvalue weighted by Gasteiger charge is 2.12. The Bertz CT molecular complexity index is 715. The van der Waals surface area contributed by atoms with Crippen molar-refractivity contribution >= 4 is 11.6 Å². The van der Waals surface area contributed by atoms with E-state index in [0.717, 1.165) is 11.1 Å². The summed E-state index contributed by atoms with van der Waals surface area (Å²) in [6.45, 7) is 3.69. The molecule has 0 saturated heterocycles. The third-order valence-corrected chi connectivity index (χ3v) is 3.01. The van der Waals surface area contributed by atoms with Gasteiger partial charge in [0.15, 0.2) is 0 Å². The number of hydrogen-bond donors (Lipinski definition) is 2. The van der Waals surface area contributed by atoms with E-state index in [1.807, 2.05) is 19.9 Å². The van der Waals surface area contributed by atoms with E-state index in [-0.39, 0.29) is 11.3 Å². The van der Waals surface area contributed by atoms with Gasteiger partial charge in [0.25, 0.3) is 5.91 Å². The summed E-state index contributed by atoms with van der Waals surface area (Å²) in [7, 11) is 0. The van der Waals surface area contributed by atoms with Crippen LogP contribution in [0.5, 0.6) is 5.75 Å². The summed E-state index contributed by atoms with van der Waals surface area (Å²) in [5.74, 6) is -0.466. The van der Waals surface area contributed by atoms with Crippen molar-refractivity contribution in [2.75, 3.05) is 5.32 Å². The first-order chi connectivity index (χ1) is 9.51. The van der Waals surface area contributed by atoms with Gasteiger partial charge in [-0.25, -0.2) is 0 Å². The summed E-state index contributed by atoms with van der Waals surface area (Å²) in [6.07, 6.45) is 0. The predicted molar refractivity (Wildman–Crippen MR) is 76.7 cm³/mol. The number of phenolic OH excluding ortho intramolecular Hbond substituents is 1. The summed E-state index contributed by atoms with van der Waals surface area (Å²) in [6, 6.07) is 11.9. The molecular weight excluding hydrogens is 252 g/mol. The molecule has 2 N–H and O–H groups in total. The number of nitrogens with one attached hydrogen (secondary N) is 1. The van der Waals surface area contributed by atoms with E-state index < -0.39 is 5.91 Å². The lowest BCUT2D eigenvalue weighted by molar-refractivity contribution is 0.102. The Morgan fingerprint density at radius 3 is 2.65 bits per heavy atom. The highest BCUT2D eigenvalue weighted by Crippen LogP contribution is 2.22. The predicted octanol–water partition coefficient (Wildman–Crippen LogP) is 3.13. The number of carbonyl (C=O) groups excluding carboxylic acids is 1. The molecule has 0 atom stereocenters. The van der Waals surface area contributed by atoms with E-state index in [1.165, 1.54) is 6.07 Å². The van der Waals surface area contributed by atoms with Crippen molar-refractivity contribution < 1.29 is 9.90 Å². The Kier molecular flexibility index (Phi) is 3.72. The number of carbonyl (C=O) groups is 1. The minimum absolute atomic E-state index is 0.0674. The summed E-state index contributed by atoms with van der Waals surface area (Å²) < 4.78 is 0. The fourth-order valence-electron chi connectivity index (χ4n) is 1.85. The molecule has 0 aliphatic rings. The number of aryl methyl sites for hydroxylation is 2. The summed E-state index contributed by atoms with van der Waals surface area (Å²) in [5, 5.41) is 21.3. The zero-order chi connectivity index (χ0) is 14.7. The van der Waals surface area contributed by atoms with Crippen LogP contribution < -0.4 is 5.32 Å². The van der Waals surface area contributed by atoms with E-state index in [0.29, 0.717) is 11.3 Å². The van der Waals surface area contributed by atoms with Crippen molar-refractivity contribution in [2.24, 2.45) is 0 Å². The van der Waals surface area contributed by atoms with E-state index in [9.17, 15) is 9.90 Å². The number of anilines is 1. The third-order valence-electron chi connectivity index (χ3n) is 3.01. The van der Waals surface area contributed by atoms with Crippen molar-refractivity contribution in [1.29, 1.82) is 5.26 Å². The fourth-order valence-corrected chi connectivity index (χ4v) is 1.85. The molecule has 4 heteroatoms. The number of amides is 1. The molecule has 0 aliphatic heterocycles. The minimum Gasteiger partial charge on any atom is -0.507 e. The highest BCUT2D eigenvalue weighted by atomic mass is 16.3. The van der Waals surface area contributed by atoms with E-state index in [2.05, 4.69) is 5.32 Å². The van der Waals surface area contributed by atoms with Gasteiger partial charge in [-0.05, 0) is 43.7 Å². The normalized spacial score (nSPS) is 9.85. The van der Waals surface area contributed by atoms with Gasteiger partial charge in [-0.15, -0.1) is 0 Å². The molecule has 0 spiro atoms. The Morgan fingerprint density at radius 1 is 1.20 bits per heavy atom. The first-order valence-electron chi connectivity index (χ1n) is 6.13. The van der Waals surface area contributed by atoms with Crippen LogP contribution in [0.1, 0.15) is 27.0 Å². The van der Waals surface area contributed by atoms with Crippen LogP contribution in [0.2, 0.25) is 0 Å². The first-order valence-corrected chi connectivity index (χ1v) is 6.13. The number of hydrogen-bond acceptors (Lipinski definition) is 3. The molecule has 0 fully saturated rings. The van der Waals surface area contributed by atoms with Crippen LogP contribution >= 0.6 is 0 Å². The highest BCUT2D eigenvalue weighted by molar-refractivity contribution is 6.06. The Labute approximate surface area is 117 Å². The molecular formula is C16H14N2O2. The maximum atomic E-state index is 12.2. The molecule has 0 heterocycles. The second-order valence-electron chi connectivity index (χ2n) is 4.62. The summed E-state index contributed by atoms with van der Waals surface area (Å²) in [5.41, 5.74) is 2.99. The smallest absolute Gasteiger partial charge is 0.259 e. The quantitative estimate of drug-likeness (QED) is 0.877. The van der Waals surface area contributed by atoms with Gasteiger partial charge < -0.3 is 10.4 Å². The van der Waals surface area contributed by atoms with Gasteiger partial charge in [-0.3, -0.25) is 4.79 Å². The van der Waals surface area contributed by atoms with E-state index in [4.69, 9.17) is 5.26 Å². The fraction of sp³-hybridized carbons (Fsp3) is 0.125. The van der Waals surface area contributed by atoms with Gasteiger partial charge in [0.2, 0.25) is 0 Å². The Morgan fingerprint density at radius 2 is 1.95 bits per heavy atom. The van der Waals surface area contributed by atoms with Crippen LogP contribution in [0.4, 0.5) is 5.69 Å².